The molecular formula is C7H13S. The van der Waals surface area contributed by atoms with Crippen molar-refractivity contribution in [3.05, 3.63) is 6.92 Å². The van der Waals surface area contributed by atoms with Crippen LogP contribution in [0.25, 0.3) is 0 Å². The van der Waals surface area contributed by atoms with Crippen molar-refractivity contribution < 1.29 is 0 Å². The van der Waals surface area contributed by atoms with Gasteiger partial charge in [-0.2, -0.15) is 0 Å². The third kappa shape index (κ3) is 6.09. The maximum absolute atomic E-state index is 4.89. The molecule has 1 heteroatoms. The Morgan fingerprint density at radius 1 is 1.50 bits per heavy atom. The second kappa shape index (κ2) is 5.23. The standard InChI is InChI=1S/C7H13S/c1-3-4-5-6-7(2)8/h1,3-6H2,2H3. The third-order valence-corrected chi connectivity index (χ3v) is 1.23. The van der Waals surface area contributed by atoms with Crippen LogP contribution < -0.4 is 0 Å². The van der Waals surface area contributed by atoms with E-state index in [-0.39, 0.29) is 0 Å². The zero-order valence-corrected chi connectivity index (χ0v) is 6.26. The van der Waals surface area contributed by atoms with Crippen molar-refractivity contribution in [3.8, 4) is 0 Å². The maximum atomic E-state index is 4.89. The highest BCUT2D eigenvalue weighted by Crippen LogP contribution is 1.99. The van der Waals surface area contributed by atoms with Gasteiger partial charge in [0.25, 0.3) is 0 Å². The molecule has 0 fully saturated rings. The highest BCUT2D eigenvalue weighted by Gasteiger charge is 1.86. The van der Waals surface area contributed by atoms with E-state index in [1.54, 1.807) is 0 Å². The molecule has 0 rings (SSSR count). The maximum Gasteiger partial charge on any atom is -0.0102 e. The summed E-state index contributed by atoms with van der Waals surface area (Å²) in [6, 6.07) is 0. The summed E-state index contributed by atoms with van der Waals surface area (Å²) < 4.78 is 0. The molecular weight excluding hydrogens is 116 g/mol. The lowest BCUT2D eigenvalue weighted by Crippen LogP contribution is -1.84. The van der Waals surface area contributed by atoms with Crippen LogP contribution in [0.3, 0.4) is 0 Å². The largest absolute Gasteiger partial charge is 0.0900 e. The van der Waals surface area contributed by atoms with Crippen LogP contribution >= 0.6 is 12.2 Å². The van der Waals surface area contributed by atoms with Gasteiger partial charge >= 0.3 is 0 Å². The van der Waals surface area contributed by atoms with Gasteiger partial charge in [-0.3, -0.25) is 0 Å². The molecule has 0 aliphatic carbocycles. The number of hydrogen-bond acceptors (Lipinski definition) is 1. The van der Waals surface area contributed by atoms with Crippen molar-refractivity contribution in [3.63, 3.8) is 0 Å². The fourth-order valence-electron chi connectivity index (χ4n) is 0.551. The molecule has 0 aliphatic heterocycles. The summed E-state index contributed by atoms with van der Waals surface area (Å²) in [5.41, 5.74) is 0. The zero-order chi connectivity index (χ0) is 6.41. The first-order chi connectivity index (χ1) is 3.77. The molecule has 0 aromatic rings. The van der Waals surface area contributed by atoms with Gasteiger partial charge in [-0.25, -0.2) is 0 Å². The van der Waals surface area contributed by atoms with Crippen LogP contribution in [0.15, 0.2) is 0 Å². The van der Waals surface area contributed by atoms with E-state index in [0.29, 0.717) is 0 Å². The molecule has 0 bridgehead atoms. The van der Waals surface area contributed by atoms with E-state index in [9.17, 15) is 0 Å². The van der Waals surface area contributed by atoms with Crippen LogP contribution in [0.1, 0.15) is 32.6 Å². The van der Waals surface area contributed by atoms with Gasteiger partial charge in [0.1, 0.15) is 0 Å². The molecule has 0 nitrogen and oxygen atoms in total. The minimum absolute atomic E-state index is 1.04. The molecule has 0 unspecified atom stereocenters. The summed E-state index contributed by atoms with van der Waals surface area (Å²) in [6.45, 7) is 5.74. The Balaban J connectivity index is 2.82. The van der Waals surface area contributed by atoms with E-state index in [1.807, 2.05) is 6.92 Å². The summed E-state index contributed by atoms with van der Waals surface area (Å²) in [4.78, 5) is 1.12. The molecule has 0 atom stereocenters. The van der Waals surface area contributed by atoms with E-state index in [2.05, 4.69) is 6.92 Å². The highest BCUT2D eigenvalue weighted by atomic mass is 32.1. The highest BCUT2D eigenvalue weighted by molar-refractivity contribution is 7.80. The Morgan fingerprint density at radius 3 is 2.50 bits per heavy atom. The van der Waals surface area contributed by atoms with Gasteiger partial charge in [0.2, 0.25) is 0 Å². The second-order valence-corrected chi connectivity index (χ2v) is 2.71. The summed E-state index contributed by atoms with van der Waals surface area (Å²) in [7, 11) is 0. The minimum atomic E-state index is 1.04. The van der Waals surface area contributed by atoms with E-state index in [4.69, 9.17) is 12.2 Å². The SMILES string of the molecule is [CH2]CCCCC(C)=S. The van der Waals surface area contributed by atoms with Gasteiger partial charge in [-0.1, -0.05) is 32.0 Å². The molecule has 47 valence electrons. The van der Waals surface area contributed by atoms with Crippen molar-refractivity contribution in [2.75, 3.05) is 0 Å². The number of unbranched alkanes of at least 4 members (excludes halogenated alkanes) is 2. The second-order valence-electron chi connectivity index (χ2n) is 2.01. The summed E-state index contributed by atoms with van der Waals surface area (Å²) in [5.74, 6) is 0. The quantitative estimate of drug-likeness (QED) is 0.415. The number of rotatable bonds is 4. The average molecular weight is 129 g/mol. The molecule has 0 N–H and O–H groups in total. The van der Waals surface area contributed by atoms with Crippen molar-refractivity contribution in [2.45, 2.75) is 32.6 Å². The first kappa shape index (κ1) is 8.09. The number of hydrogen-bond donors (Lipinski definition) is 0. The van der Waals surface area contributed by atoms with Gasteiger partial charge in [0.05, 0.1) is 0 Å². The molecule has 0 aliphatic rings. The minimum Gasteiger partial charge on any atom is -0.0900 e. The van der Waals surface area contributed by atoms with E-state index in [1.165, 1.54) is 12.8 Å². The van der Waals surface area contributed by atoms with E-state index >= 15 is 0 Å². The number of thiocarbonyl (C=S) groups is 1. The molecule has 0 saturated carbocycles. The molecule has 8 heavy (non-hydrogen) atoms. The summed E-state index contributed by atoms with van der Waals surface area (Å²) in [6.07, 6.45) is 4.58. The smallest absolute Gasteiger partial charge is 0.0102 e. The fraction of sp³-hybridized carbons (Fsp3) is 0.714. The van der Waals surface area contributed by atoms with Crippen LogP contribution in [0.2, 0.25) is 0 Å². The van der Waals surface area contributed by atoms with Crippen LogP contribution in [-0.2, 0) is 0 Å². The van der Waals surface area contributed by atoms with Gasteiger partial charge < -0.3 is 0 Å². The summed E-state index contributed by atoms with van der Waals surface area (Å²) >= 11 is 4.89. The predicted molar refractivity (Wildman–Crippen MR) is 42.1 cm³/mol. The van der Waals surface area contributed by atoms with Crippen LogP contribution in [0.5, 0.6) is 0 Å². The monoisotopic (exact) mass is 129 g/mol. The van der Waals surface area contributed by atoms with Gasteiger partial charge in [-0.05, 0) is 24.6 Å². The molecule has 1 radical (unpaired) electrons. The van der Waals surface area contributed by atoms with Crippen molar-refractivity contribution in [1.82, 2.24) is 0 Å². The first-order valence-corrected chi connectivity index (χ1v) is 3.47. The van der Waals surface area contributed by atoms with Gasteiger partial charge in [0, 0.05) is 0 Å². The topological polar surface area (TPSA) is 0 Å². The molecule has 0 heterocycles. The summed E-state index contributed by atoms with van der Waals surface area (Å²) in [5, 5.41) is 0. The Kier molecular flexibility index (Phi) is 5.29. The normalized spacial score (nSPS) is 9.25. The van der Waals surface area contributed by atoms with E-state index < -0.39 is 0 Å². The van der Waals surface area contributed by atoms with Crippen LogP contribution in [-0.4, -0.2) is 4.86 Å². The zero-order valence-electron chi connectivity index (χ0n) is 5.44. The Labute approximate surface area is 57.3 Å². The Bertz CT molecular complexity index is 66.8. The Morgan fingerprint density at radius 2 is 2.12 bits per heavy atom. The lowest BCUT2D eigenvalue weighted by molar-refractivity contribution is 0.778. The molecule has 0 aromatic carbocycles. The molecule has 0 amide bonds. The molecule has 0 saturated heterocycles. The first-order valence-electron chi connectivity index (χ1n) is 3.06. The van der Waals surface area contributed by atoms with E-state index in [0.717, 1.165) is 17.7 Å². The lowest BCUT2D eigenvalue weighted by atomic mass is 10.2. The molecule has 0 aromatic heterocycles. The van der Waals surface area contributed by atoms with Crippen molar-refractivity contribution >= 4 is 17.1 Å². The van der Waals surface area contributed by atoms with Crippen LogP contribution in [0, 0.1) is 6.92 Å². The van der Waals surface area contributed by atoms with Crippen molar-refractivity contribution in [1.29, 1.82) is 0 Å². The van der Waals surface area contributed by atoms with Crippen LogP contribution in [0.4, 0.5) is 0 Å². The third-order valence-electron chi connectivity index (χ3n) is 1.03. The van der Waals surface area contributed by atoms with Crippen molar-refractivity contribution in [2.24, 2.45) is 0 Å². The molecule has 0 spiro atoms. The van der Waals surface area contributed by atoms with Gasteiger partial charge in [0.15, 0.2) is 0 Å². The van der Waals surface area contributed by atoms with Gasteiger partial charge in [-0.15, -0.1) is 0 Å². The Hall–Kier alpha value is 0.0900. The fourth-order valence-corrected chi connectivity index (χ4v) is 0.695. The lowest BCUT2D eigenvalue weighted by Gasteiger charge is -1.93. The average Bonchev–Trinajstić information content (AvgIpc) is 1.66. The predicted octanol–water partition coefficient (Wildman–Crippen LogP) is 2.77.